The summed E-state index contributed by atoms with van der Waals surface area (Å²) in [6, 6.07) is 16.6. The quantitative estimate of drug-likeness (QED) is 0.465. The molecule has 0 saturated carbocycles. The van der Waals surface area contributed by atoms with Crippen molar-refractivity contribution in [3.63, 3.8) is 0 Å². The molecule has 0 spiro atoms. The number of hydrogen-bond acceptors (Lipinski definition) is 5. The van der Waals surface area contributed by atoms with E-state index in [1.54, 1.807) is 24.3 Å². The summed E-state index contributed by atoms with van der Waals surface area (Å²) in [5.41, 5.74) is 8.72. The Balaban J connectivity index is 1.47. The van der Waals surface area contributed by atoms with Crippen LogP contribution in [0.25, 0.3) is 21.9 Å². The number of pyridine rings is 1. The van der Waals surface area contributed by atoms with E-state index in [4.69, 9.17) is 5.73 Å². The van der Waals surface area contributed by atoms with Crippen molar-refractivity contribution in [3.8, 4) is 0 Å². The number of unbranched alkanes of at least 4 members (excludes halogenated alkanes) is 2. The number of hydrogen-bond donors (Lipinski definition) is 1. The highest BCUT2D eigenvalue weighted by Gasteiger charge is 2.16. The molecule has 0 atom stereocenters. The van der Waals surface area contributed by atoms with Crippen molar-refractivity contribution in [2.24, 2.45) is 0 Å². The zero-order chi connectivity index (χ0) is 20.4. The molecule has 2 heterocycles. The molecule has 6 nitrogen and oxygen atoms in total. The molecule has 0 fully saturated rings. The molecule has 0 amide bonds. The Bertz CT molecular complexity index is 1260. The number of sulfone groups is 1. The predicted molar refractivity (Wildman–Crippen MR) is 117 cm³/mol. The van der Waals surface area contributed by atoms with Crippen molar-refractivity contribution in [1.29, 1.82) is 0 Å². The van der Waals surface area contributed by atoms with Crippen LogP contribution in [-0.2, 0) is 16.4 Å². The van der Waals surface area contributed by atoms with E-state index in [9.17, 15) is 8.42 Å². The maximum atomic E-state index is 12.4. The van der Waals surface area contributed by atoms with Gasteiger partial charge in [0.05, 0.1) is 21.7 Å². The smallest absolute Gasteiger partial charge is 0.178 e. The summed E-state index contributed by atoms with van der Waals surface area (Å²) in [6.07, 6.45) is 2.32. The zero-order valence-corrected chi connectivity index (χ0v) is 17.2. The van der Waals surface area contributed by atoms with Crippen LogP contribution < -0.4 is 5.73 Å². The first-order chi connectivity index (χ1) is 14.0. The fraction of sp³-hybridized carbons (Fsp3) is 0.273. The number of para-hydroxylation sites is 1. The lowest BCUT2D eigenvalue weighted by atomic mass is 10.2. The van der Waals surface area contributed by atoms with Crippen LogP contribution in [0, 0.1) is 6.92 Å². The highest BCUT2D eigenvalue weighted by Crippen LogP contribution is 2.28. The van der Waals surface area contributed by atoms with Gasteiger partial charge in [0.15, 0.2) is 15.7 Å². The molecule has 4 rings (SSSR count). The van der Waals surface area contributed by atoms with E-state index in [1.807, 2.05) is 37.3 Å². The van der Waals surface area contributed by atoms with Crippen molar-refractivity contribution in [2.45, 2.75) is 37.6 Å². The number of benzene rings is 2. The number of anilines is 1. The first-order valence-corrected chi connectivity index (χ1v) is 11.4. The van der Waals surface area contributed by atoms with Crippen molar-refractivity contribution < 1.29 is 8.42 Å². The second-order valence-corrected chi connectivity index (χ2v) is 9.32. The van der Waals surface area contributed by atoms with Gasteiger partial charge in [-0.2, -0.15) is 0 Å². The first kappa shape index (κ1) is 19.4. The molecule has 0 aliphatic rings. The summed E-state index contributed by atoms with van der Waals surface area (Å²) in [5.74, 6) is 1.50. The standard InChI is InChI=1S/C22H24N4O2S/c1-16-24-20-21(18-12-6-7-13-19(18)25-22(20)23)26(16)14-8-3-9-15-29(27,28)17-10-4-2-5-11-17/h2,4-7,10-13H,3,8-9,14-15H2,1H3,(H2,23,25). The van der Waals surface area contributed by atoms with Gasteiger partial charge in [-0.3, -0.25) is 0 Å². The second-order valence-electron chi connectivity index (χ2n) is 7.21. The van der Waals surface area contributed by atoms with Crippen molar-refractivity contribution in [3.05, 3.63) is 60.4 Å². The Morgan fingerprint density at radius 2 is 1.66 bits per heavy atom. The predicted octanol–water partition coefficient (Wildman–Crippen LogP) is 4.12. The monoisotopic (exact) mass is 408 g/mol. The number of aryl methyl sites for hydroxylation is 2. The van der Waals surface area contributed by atoms with Gasteiger partial charge in [0.25, 0.3) is 0 Å². The fourth-order valence-corrected chi connectivity index (χ4v) is 5.12. The molecule has 2 aromatic carbocycles. The van der Waals surface area contributed by atoms with Gasteiger partial charge in [-0.25, -0.2) is 18.4 Å². The van der Waals surface area contributed by atoms with Crippen molar-refractivity contribution in [1.82, 2.24) is 14.5 Å². The molecular formula is C22H24N4O2S. The third kappa shape index (κ3) is 3.82. The van der Waals surface area contributed by atoms with E-state index in [1.165, 1.54) is 0 Å². The minimum absolute atomic E-state index is 0.167. The van der Waals surface area contributed by atoms with Crippen LogP contribution in [0.1, 0.15) is 25.1 Å². The topological polar surface area (TPSA) is 90.9 Å². The second kappa shape index (κ2) is 7.83. The van der Waals surface area contributed by atoms with E-state index >= 15 is 0 Å². The summed E-state index contributed by atoms with van der Waals surface area (Å²) < 4.78 is 27.0. The van der Waals surface area contributed by atoms with Crippen LogP contribution >= 0.6 is 0 Å². The maximum Gasteiger partial charge on any atom is 0.178 e. The molecule has 0 radical (unpaired) electrons. The van der Waals surface area contributed by atoms with Crippen LogP contribution in [0.4, 0.5) is 5.82 Å². The summed E-state index contributed by atoms with van der Waals surface area (Å²) in [7, 11) is -3.22. The lowest BCUT2D eigenvalue weighted by molar-refractivity contribution is 0.577. The van der Waals surface area contributed by atoms with Crippen molar-refractivity contribution in [2.75, 3.05) is 11.5 Å². The van der Waals surface area contributed by atoms with Gasteiger partial charge in [0.1, 0.15) is 11.3 Å². The number of aromatic nitrogens is 3. The number of rotatable bonds is 7. The van der Waals surface area contributed by atoms with Crippen LogP contribution in [0.2, 0.25) is 0 Å². The van der Waals surface area contributed by atoms with Gasteiger partial charge in [-0.1, -0.05) is 42.8 Å². The fourth-order valence-electron chi connectivity index (χ4n) is 3.73. The molecule has 0 saturated heterocycles. The minimum atomic E-state index is -3.22. The van der Waals surface area contributed by atoms with Gasteiger partial charge in [0, 0.05) is 11.9 Å². The van der Waals surface area contributed by atoms with Gasteiger partial charge in [-0.05, 0) is 38.0 Å². The molecule has 2 N–H and O–H groups in total. The average molecular weight is 409 g/mol. The molecule has 4 aromatic rings. The van der Waals surface area contributed by atoms with Crippen LogP contribution in [0.3, 0.4) is 0 Å². The highest BCUT2D eigenvalue weighted by atomic mass is 32.2. The summed E-state index contributed by atoms with van der Waals surface area (Å²) in [5, 5.41) is 1.03. The SMILES string of the molecule is Cc1nc2c(N)nc3ccccc3c2n1CCCCCS(=O)(=O)c1ccccc1. The molecule has 7 heteroatoms. The number of nitrogens with two attached hydrogens (primary N) is 1. The Labute approximate surface area is 170 Å². The Kier molecular flexibility index (Phi) is 5.24. The molecule has 0 aliphatic carbocycles. The minimum Gasteiger partial charge on any atom is -0.382 e. The number of nitrogen functional groups attached to an aromatic ring is 1. The van der Waals surface area contributed by atoms with Gasteiger partial charge < -0.3 is 10.3 Å². The van der Waals surface area contributed by atoms with E-state index in [-0.39, 0.29) is 5.75 Å². The number of fused-ring (bicyclic) bond motifs is 3. The lowest BCUT2D eigenvalue weighted by Crippen LogP contribution is -2.07. The third-order valence-corrected chi connectivity index (χ3v) is 7.01. The molecular weight excluding hydrogens is 384 g/mol. The summed E-state index contributed by atoms with van der Waals surface area (Å²) in [6.45, 7) is 2.73. The maximum absolute atomic E-state index is 12.4. The van der Waals surface area contributed by atoms with E-state index < -0.39 is 9.84 Å². The van der Waals surface area contributed by atoms with Gasteiger partial charge >= 0.3 is 0 Å². The largest absolute Gasteiger partial charge is 0.382 e. The van der Waals surface area contributed by atoms with Crippen LogP contribution in [0.5, 0.6) is 0 Å². The molecule has 0 bridgehead atoms. The zero-order valence-electron chi connectivity index (χ0n) is 16.4. The normalized spacial score (nSPS) is 12.0. The van der Waals surface area contributed by atoms with Gasteiger partial charge in [0.2, 0.25) is 0 Å². The Hall–Kier alpha value is -2.93. The molecule has 150 valence electrons. The van der Waals surface area contributed by atoms with Crippen molar-refractivity contribution >= 4 is 37.6 Å². The summed E-state index contributed by atoms with van der Waals surface area (Å²) in [4.78, 5) is 9.47. The third-order valence-electron chi connectivity index (χ3n) is 5.20. The Morgan fingerprint density at radius 3 is 2.45 bits per heavy atom. The first-order valence-electron chi connectivity index (χ1n) is 9.76. The highest BCUT2D eigenvalue weighted by molar-refractivity contribution is 7.91. The lowest BCUT2D eigenvalue weighted by Gasteiger charge is -2.09. The molecule has 29 heavy (non-hydrogen) atoms. The van der Waals surface area contributed by atoms with Crippen LogP contribution in [0.15, 0.2) is 59.5 Å². The molecule has 0 unspecified atom stereocenters. The van der Waals surface area contributed by atoms with E-state index in [2.05, 4.69) is 14.5 Å². The van der Waals surface area contributed by atoms with E-state index in [0.29, 0.717) is 17.1 Å². The molecule has 2 aromatic heterocycles. The number of imidazole rings is 1. The average Bonchev–Trinajstić information content (AvgIpc) is 3.06. The molecule has 0 aliphatic heterocycles. The number of nitrogens with zero attached hydrogens (tertiary/aromatic N) is 3. The van der Waals surface area contributed by atoms with E-state index in [0.717, 1.165) is 47.1 Å². The van der Waals surface area contributed by atoms with Crippen LogP contribution in [-0.4, -0.2) is 28.7 Å². The van der Waals surface area contributed by atoms with Gasteiger partial charge in [-0.15, -0.1) is 0 Å². The Morgan fingerprint density at radius 1 is 0.931 bits per heavy atom. The summed E-state index contributed by atoms with van der Waals surface area (Å²) >= 11 is 0.